The molecule has 0 aliphatic rings. The van der Waals surface area contributed by atoms with Crippen LogP contribution in [0.3, 0.4) is 0 Å². The third kappa shape index (κ3) is 3.11. The minimum absolute atomic E-state index is 0.0546. The molecule has 1 aromatic carbocycles. The van der Waals surface area contributed by atoms with Crippen LogP contribution in [0, 0.1) is 15.2 Å². The lowest BCUT2D eigenvalue weighted by atomic mass is 10.1. The van der Waals surface area contributed by atoms with Crippen molar-refractivity contribution in [2.24, 2.45) is 5.73 Å². The molecule has 0 unspecified atom stereocenters. The predicted octanol–water partition coefficient (Wildman–Crippen LogP) is 2.25. The lowest BCUT2D eigenvalue weighted by molar-refractivity contribution is -0.120. The molecule has 0 saturated heterocycles. The van der Waals surface area contributed by atoms with Crippen molar-refractivity contribution in [3.8, 4) is 0 Å². The Morgan fingerprint density at radius 3 is 2.19 bits per heavy atom. The van der Waals surface area contributed by atoms with Crippen molar-refractivity contribution in [3.05, 3.63) is 27.3 Å². The number of benzene rings is 1. The molecular formula is C10H11F2IN2O. The molecule has 0 bridgehead atoms. The Kier molecular flexibility index (Phi) is 3.84. The van der Waals surface area contributed by atoms with Crippen LogP contribution in [0.15, 0.2) is 12.1 Å². The van der Waals surface area contributed by atoms with Crippen molar-refractivity contribution in [2.45, 2.75) is 19.4 Å². The summed E-state index contributed by atoms with van der Waals surface area (Å²) in [7, 11) is 0. The van der Waals surface area contributed by atoms with Gasteiger partial charge >= 0.3 is 0 Å². The quantitative estimate of drug-likeness (QED) is 0.641. The maximum Gasteiger partial charge on any atom is 0.243 e. The van der Waals surface area contributed by atoms with Crippen LogP contribution >= 0.6 is 22.6 Å². The van der Waals surface area contributed by atoms with E-state index in [1.807, 2.05) is 0 Å². The number of carbonyl (C=O) groups excluding carboxylic acids is 1. The van der Waals surface area contributed by atoms with Crippen LogP contribution in [0.1, 0.15) is 13.8 Å². The number of hydrogen-bond acceptors (Lipinski definition) is 2. The van der Waals surface area contributed by atoms with Gasteiger partial charge in [-0.15, -0.1) is 0 Å². The first kappa shape index (κ1) is 13.3. The van der Waals surface area contributed by atoms with Gasteiger partial charge in [0.1, 0.15) is 11.6 Å². The molecule has 0 atom stereocenters. The van der Waals surface area contributed by atoms with Crippen molar-refractivity contribution in [3.63, 3.8) is 0 Å². The highest BCUT2D eigenvalue weighted by molar-refractivity contribution is 14.1. The second-order valence-corrected chi connectivity index (χ2v) is 5.01. The van der Waals surface area contributed by atoms with Crippen molar-refractivity contribution in [2.75, 3.05) is 5.32 Å². The van der Waals surface area contributed by atoms with E-state index >= 15 is 0 Å². The molecule has 0 spiro atoms. The smallest absolute Gasteiger partial charge is 0.243 e. The summed E-state index contributed by atoms with van der Waals surface area (Å²) < 4.78 is 26.2. The molecule has 88 valence electrons. The van der Waals surface area contributed by atoms with E-state index in [0.29, 0.717) is 0 Å². The van der Waals surface area contributed by atoms with E-state index in [2.05, 4.69) is 5.32 Å². The molecule has 1 rings (SSSR count). The van der Waals surface area contributed by atoms with Crippen LogP contribution in [-0.4, -0.2) is 11.4 Å². The van der Waals surface area contributed by atoms with Gasteiger partial charge in [-0.25, -0.2) is 8.78 Å². The fourth-order valence-electron chi connectivity index (χ4n) is 0.920. The zero-order valence-corrected chi connectivity index (χ0v) is 10.9. The number of rotatable bonds is 2. The summed E-state index contributed by atoms with van der Waals surface area (Å²) in [6.45, 7) is 3.00. The number of nitrogens with one attached hydrogen (secondary N) is 1. The molecule has 6 heteroatoms. The summed E-state index contributed by atoms with van der Waals surface area (Å²) in [5, 5.41) is 2.34. The van der Waals surface area contributed by atoms with Gasteiger partial charge in [-0.05, 0) is 48.6 Å². The average molecular weight is 340 g/mol. The maximum atomic E-state index is 13.2. The summed E-state index contributed by atoms with van der Waals surface area (Å²) in [4.78, 5) is 11.5. The van der Waals surface area contributed by atoms with Gasteiger partial charge in [0.2, 0.25) is 5.91 Å². The number of carbonyl (C=O) groups is 1. The average Bonchev–Trinajstić information content (AvgIpc) is 2.12. The Morgan fingerprint density at radius 2 is 1.81 bits per heavy atom. The van der Waals surface area contributed by atoms with Gasteiger partial charge in [0.05, 0.1) is 9.11 Å². The molecule has 0 saturated carbocycles. The molecule has 1 amide bonds. The first-order valence-corrected chi connectivity index (χ1v) is 5.54. The monoisotopic (exact) mass is 340 g/mol. The molecule has 0 aliphatic heterocycles. The number of halogens is 3. The zero-order valence-electron chi connectivity index (χ0n) is 8.77. The Morgan fingerprint density at radius 1 is 1.38 bits per heavy atom. The third-order valence-electron chi connectivity index (χ3n) is 1.83. The van der Waals surface area contributed by atoms with E-state index in [9.17, 15) is 13.6 Å². The molecule has 0 radical (unpaired) electrons. The minimum Gasteiger partial charge on any atom is -0.324 e. The number of amides is 1. The fourth-order valence-corrected chi connectivity index (χ4v) is 1.23. The van der Waals surface area contributed by atoms with E-state index in [-0.39, 0.29) is 9.26 Å². The van der Waals surface area contributed by atoms with E-state index in [1.165, 1.54) is 13.8 Å². The molecule has 3 N–H and O–H groups in total. The predicted molar refractivity (Wildman–Crippen MR) is 66.0 cm³/mol. The highest BCUT2D eigenvalue weighted by Gasteiger charge is 2.22. The third-order valence-corrected chi connectivity index (χ3v) is 2.86. The Labute approximate surface area is 106 Å². The van der Waals surface area contributed by atoms with Gasteiger partial charge in [-0.3, -0.25) is 4.79 Å². The highest BCUT2D eigenvalue weighted by Crippen LogP contribution is 2.20. The molecule has 0 heterocycles. The lowest BCUT2D eigenvalue weighted by Gasteiger charge is -2.17. The Balaban J connectivity index is 2.96. The number of anilines is 1. The van der Waals surface area contributed by atoms with Crippen molar-refractivity contribution >= 4 is 34.2 Å². The maximum absolute atomic E-state index is 13.2. The molecule has 0 fully saturated rings. The van der Waals surface area contributed by atoms with Gasteiger partial charge in [-0.2, -0.15) is 0 Å². The summed E-state index contributed by atoms with van der Waals surface area (Å²) in [5.74, 6) is -1.94. The molecule has 16 heavy (non-hydrogen) atoms. The van der Waals surface area contributed by atoms with Crippen molar-refractivity contribution in [1.29, 1.82) is 0 Å². The topological polar surface area (TPSA) is 55.1 Å². The van der Waals surface area contributed by atoms with Gasteiger partial charge in [0.15, 0.2) is 0 Å². The van der Waals surface area contributed by atoms with Crippen molar-refractivity contribution in [1.82, 2.24) is 0 Å². The van der Waals surface area contributed by atoms with E-state index in [4.69, 9.17) is 5.73 Å². The zero-order chi connectivity index (χ0) is 12.5. The second kappa shape index (κ2) is 4.62. The largest absolute Gasteiger partial charge is 0.324 e. The molecule has 0 aliphatic carbocycles. The lowest BCUT2D eigenvalue weighted by Crippen LogP contribution is -2.45. The van der Waals surface area contributed by atoms with Gasteiger partial charge in [0, 0.05) is 5.69 Å². The second-order valence-electron chi connectivity index (χ2n) is 3.93. The van der Waals surface area contributed by atoms with E-state index in [0.717, 1.165) is 12.1 Å². The van der Waals surface area contributed by atoms with E-state index < -0.39 is 23.1 Å². The van der Waals surface area contributed by atoms with Gasteiger partial charge in [-0.1, -0.05) is 0 Å². The molecular weight excluding hydrogens is 329 g/mol. The molecule has 1 aromatic rings. The minimum atomic E-state index is -1.10. The van der Waals surface area contributed by atoms with Gasteiger partial charge in [0.25, 0.3) is 0 Å². The summed E-state index contributed by atoms with van der Waals surface area (Å²) >= 11 is 1.55. The van der Waals surface area contributed by atoms with Crippen molar-refractivity contribution < 1.29 is 13.6 Å². The van der Waals surface area contributed by atoms with Crippen LogP contribution in [0.25, 0.3) is 0 Å². The van der Waals surface area contributed by atoms with Crippen LogP contribution in [-0.2, 0) is 4.79 Å². The van der Waals surface area contributed by atoms with Crippen LogP contribution in [0.5, 0.6) is 0 Å². The van der Waals surface area contributed by atoms with Crippen LogP contribution in [0.4, 0.5) is 14.5 Å². The fraction of sp³-hybridized carbons (Fsp3) is 0.300. The molecule has 0 aromatic heterocycles. The Bertz CT molecular complexity index is 406. The summed E-state index contributed by atoms with van der Waals surface area (Å²) in [6, 6.07) is 2.10. The van der Waals surface area contributed by atoms with Gasteiger partial charge < -0.3 is 11.1 Å². The Hall–Kier alpha value is -0.760. The van der Waals surface area contributed by atoms with E-state index in [1.54, 1.807) is 22.6 Å². The normalized spacial score (nSPS) is 11.4. The highest BCUT2D eigenvalue weighted by atomic mass is 127. The number of nitrogens with two attached hydrogens (primary N) is 1. The van der Waals surface area contributed by atoms with Crippen LogP contribution < -0.4 is 11.1 Å². The standard InChI is InChI=1S/C10H11F2IN2O/c1-10(2,14)9(16)15-5-3-6(11)8(13)7(12)4-5/h3-4H,14H2,1-2H3,(H,15,16). The van der Waals surface area contributed by atoms with Crippen LogP contribution in [0.2, 0.25) is 0 Å². The first-order chi connectivity index (χ1) is 7.21. The summed E-state index contributed by atoms with van der Waals surface area (Å²) in [5.41, 5.74) is 4.49. The SMILES string of the molecule is CC(C)(N)C(=O)Nc1cc(F)c(I)c(F)c1. The first-order valence-electron chi connectivity index (χ1n) is 4.46. The molecule has 3 nitrogen and oxygen atoms in total. The summed E-state index contributed by atoms with van der Waals surface area (Å²) in [6.07, 6.45) is 0. The number of hydrogen-bond donors (Lipinski definition) is 2.